The molecule has 0 fully saturated rings. The van der Waals surface area contributed by atoms with Crippen molar-refractivity contribution in [2.75, 3.05) is 4.90 Å². The molecule has 1 heterocycles. The zero-order valence-electron chi connectivity index (χ0n) is 25.9. The van der Waals surface area contributed by atoms with Crippen LogP contribution >= 0.6 is 11.6 Å². The topological polar surface area (TPSA) is 90.0 Å². The summed E-state index contributed by atoms with van der Waals surface area (Å²) in [6.07, 6.45) is -1.08. The highest BCUT2D eigenvalue weighted by Gasteiger charge is 2.37. The van der Waals surface area contributed by atoms with Crippen molar-refractivity contribution in [3.05, 3.63) is 160 Å². The fourth-order valence-corrected chi connectivity index (χ4v) is 5.62. The quantitative estimate of drug-likeness (QED) is 0.0907. The predicted molar refractivity (Wildman–Crippen MR) is 180 cm³/mol. The van der Waals surface area contributed by atoms with Gasteiger partial charge in [0.2, 0.25) is 5.78 Å². The Morgan fingerprint density at radius 1 is 0.681 bits per heavy atom. The number of hydrogen-bond donors (Lipinski definition) is 0. The molecule has 0 aliphatic carbocycles. The molecule has 0 spiro atoms. The second-order valence-electron chi connectivity index (χ2n) is 11.7. The maximum absolute atomic E-state index is 13.4. The van der Waals surface area contributed by atoms with Crippen LogP contribution in [0.1, 0.15) is 73.3 Å². The number of ketones is 1. The Bertz CT molecular complexity index is 1990. The number of fused-ring (bicyclic) bond motifs is 1. The van der Waals surface area contributed by atoms with Crippen molar-refractivity contribution in [1.29, 1.82) is 0 Å². The maximum atomic E-state index is 13.4. The third-order valence-electron chi connectivity index (χ3n) is 8.31. The van der Waals surface area contributed by atoms with Gasteiger partial charge in [0.15, 0.2) is 6.10 Å². The van der Waals surface area contributed by atoms with Gasteiger partial charge in [0.1, 0.15) is 11.5 Å². The molecule has 0 saturated heterocycles. The Kier molecular flexibility index (Phi) is 8.50. The standard InChI is InChI=1S/C39H30ClNO6/c1-24(35(42)25-9-14-29(40)15-10-25)46-38(45)26-11-22-33-34(23-26)37(44)41(36(33)43)30-16-20-32(21-17-30)47-31-18-12-28(13-19-31)39(2,3)27-7-5-4-6-8-27/h4-24H,1-3H3. The number of ether oxygens (including phenoxy) is 2. The molecule has 0 aromatic heterocycles. The number of esters is 1. The largest absolute Gasteiger partial charge is 0.457 e. The molecule has 47 heavy (non-hydrogen) atoms. The summed E-state index contributed by atoms with van der Waals surface area (Å²) in [4.78, 5) is 53.2. The van der Waals surface area contributed by atoms with E-state index < -0.39 is 29.7 Å². The van der Waals surface area contributed by atoms with Gasteiger partial charge in [0.25, 0.3) is 11.8 Å². The number of hydrogen-bond acceptors (Lipinski definition) is 6. The van der Waals surface area contributed by atoms with Crippen molar-refractivity contribution in [3.8, 4) is 11.5 Å². The molecule has 0 N–H and O–H groups in total. The van der Waals surface area contributed by atoms with Gasteiger partial charge in [-0.3, -0.25) is 14.4 Å². The van der Waals surface area contributed by atoms with Gasteiger partial charge in [-0.05, 0) is 96.9 Å². The van der Waals surface area contributed by atoms with Gasteiger partial charge in [-0.25, -0.2) is 9.69 Å². The van der Waals surface area contributed by atoms with Crippen molar-refractivity contribution in [2.45, 2.75) is 32.3 Å². The summed E-state index contributed by atoms with van der Waals surface area (Å²) in [5.41, 5.74) is 3.16. The van der Waals surface area contributed by atoms with E-state index in [4.69, 9.17) is 21.1 Å². The summed E-state index contributed by atoms with van der Waals surface area (Å²) in [6, 6.07) is 35.2. The second kappa shape index (κ2) is 12.7. The van der Waals surface area contributed by atoms with Crippen LogP contribution in [0, 0.1) is 0 Å². The van der Waals surface area contributed by atoms with E-state index in [0.29, 0.717) is 27.8 Å². The van der Waals surface area contributed by atoms with Crippen LogP contribution in [0.25, 0.3) is 0 Å². The van der Waals surface area contributed by atoms with E-state index in [9.17, 15) is 19.2 Å². The predicted octanol–water partition coefficient (Wildman–Crippen LogP) is 8.69. The van der Waals surface area contributed by atoms with Gasteiger partial charge < -0.3 is 9.47 Å². The Balaban J connectivity index is 1.12. The van der Waals surface area contributed by atoms with E-state index in [1.165, 1.54) is 30.7 Å². The highest BCUT2D eigenvalue weighted by atomic mass is 35.5. The SMILES string of the molecule is CC(OC(=O)c1ccc2c(c1)C(=O)N(c1ccc(Oc3ccc(C(C)(C)c4ccccc4)cc3)cc1)C2=O)C(=O)c1ccc(Cl)cc1. The van der Waals surface area contributed by atoms with Crippen LogP contribution in [-0.2, 0) is 10.2 Å². The van der Waals surface area contributed by atoms with E-state index in [-0.39, 0.29) is 22.1 Å². The summed E-state index contributed by atoms with van der Waals surface area (Å²) < 4.78 is 11.4. The van der Waals surface area contributed by atoms with E-state index >= 15 is 0 Å². The average molecular weight is 644 g/mol. The molecule has 0 radical (unpaired) electrons. The van der Waals surface area contributed by atoms with Gasteiger partial charge in [0.05, 0.1) is 22.4 Å². The number of amides is 2. The monoisotopic (exact) mass is 643 g/mol. The van der Waals surface area contributed by atoms with Crippen LogP contribution in [0.4, 0.5) is 5.69 Å². The van der Waals surface area contributed by atoms with E-state index in [2.05, 4.69) is 26.0 Å². The fraction of sp³-hybridized carbons (Fsp3) is 0.128. The third kappa shape index (κ3) is 6.30. The summed E-state index contributed by atoms with van der Waals surface area (Å²) in [7, 11) is 0. The number of Topliss-reactive ketones (excluding diaryl/α,β-unsaturated/α-hetero) is 1. The minimum absolute atomic E-state index is 0.0458. The molecular weight excluding hydrogens is 614 g/mol. The lowest BCUT2D eigenvalue weighted by Gasteiger charge is -2.26. The van der Waals surface area contributed by atoms with Crippen LogP contribution in [0.2, 0.25) is 5.02 Å². The summed E-state index contributed by atoms with van der Waals surface area (Å²) in [6.45, 7) is 5.82. The molecule has 5 aromatic carbocycles. The van der Waals surface area contributed by atoms with Crippen LogP contribution in [0.5, 0.6) is 11.5 Å². The number of carbonyl (C=O) groups is 4. The first-order chi connectivity index (χ1) is 22.5. The molecule has 1 atom stereocenters. The lowest BCUT2D eigenvalue weighted by Crippen LogP contribution is -2.29. The maximum Gasteiger partial charge on any atom is 0.338 e. The van der Waals surface area contributed by atoms with Crippen molar-refractivity contribution >= 4 is 40.9 Å². The number of benzene rings is 5. The molecule has 8 heteroatoms. The van der Waals surface area contributed by atoms with Crippen molar-refractivity contribution in [3.63, 3.8) is 0 Å². The Morgan fingerprint density at radius 2 is 1.23 bits per heavy atom. The van der Waals surface area contributed by atoms with E-state index in [1.54, 1.807) is 48.5 Å². The minimum Gasteiger partial charge on any atom is -0.457 e. The van der Waals surface area contributed by atoms with Crippen molar-refractivity contribution < 1.29 is 28.7 Å². The van der Waals surface area contributed by atoms with Gasteiger partial charge in [-0.2, -0.15) is 0 Å². The first-order valence-electron chi connectivity index (χ1n) is 15.0. The average Bonchev–Trinajstić information content (AvgIpc) is 3.34. The first-order valence-corrected chi connectivity index (χ1v) is 15.4. The minimum atomic E-state index is -1.08. The summed E-state index contributed by atoms with van der Waals surface area (Å²) >= 11 is 5.89. The summed E-state index contributed by atoms with van der Waals surface area (Å²) in [5, 5.41) is 0.478. The second-order valence-corrected chi connectivity index (χ2v) is 12.2. The molecule has 2 amide bonds. The van der Waals surface area contributed by atoms with Crippen LogP contribution in [0.3, 0.4) is 0 Å². The van der Waals surface area contributed by atoms with E-state index in [1.807, 2.05) is 42.5 Å². The van der Waals surface area contributed by atoms with Gasteiger partial charge in [-0.1, -0.05) is 67.9 Å². The van der Waals surface area contributed by atoms with Crippen LogP contribution in [0.15, 0.2) is 121 Å². The number of rotatable bonds is 9. The molecule has 1 aliphatic rings. The third-order valence-corrected chi connectivity index (χ3v) is 8.56. The number of nitrogens with zero attached hydrogens (tertiary/aromatic N) is 1. The zero-order chi connectivity index (χ0) is 33.3. The van der Waals surface area contributed by atoms with Gasteiger partial charge >= 0.3 is 5.97 Å². The van der Waals surface area contributed by atoms with Crippen molar-refractivity contribution in [2.24, 2.45) is 0 Å². The Labute approximate surface area is 277 Å². The molecule has 234 valence electrons. The number of carbonyl (C=O) groups excluding carboxylic acids is 4. The van der Waals surface area contributed by atoms with Gasteiger partial charge in [0, 0.05) is 16.0 Å². The van der Waals surface area contributed by atoms with Gasteiger partial charge in [-0.15, -0.1) is 0 Å². The molecule has 6 rings (SSSR count). The van der Waals surface area contributed by atoms with Crippen LogP contribution in [-0.4, -0.2) is 29.7 Å². The lowest BCUT2D eigenvalue weighted by molar-refractivity contribution is 0.0318. The highest BCUT2D eigenvalue weighted by Crippen LogP contribution is 2.34. The lowest BCUT2D eigenvalue weighted by atomic mass is 9.78. The molecule has 0 saturated carbocycles. The first kappa shape index (κ1) is 31.5. The Morgan fingerprint density at radius 3 is 1.87 bits per heavy atom. The van der Waals surface area contributed by atoms with Crippen molar-refractivity contribution in [1.82, 2.24) is 0 Å². The normalized spacial score (nSPS) is 13.2. The summed E-state index contributed by atoms with van der Waals surface area (Å²) in [5.74, 6) is -1.09. The number of halogens is 1. The fourth-order valence-electron chi connectivity index (χ4n) is 5.49. The van der Waals surface area contributed by atoms with E-state index in [0.717, 1.165) is 10.5 Å². The molecule has 7 nitrogen and oxygen atoms in total. The number of anilines is 1. The smallest absolute Gasteiger partial charge is 0.338 e. The Hall–Kier alpha value is -5.53. The zero-order valence-corrected chi connectivity index (χ0v) is 26.7. The molecule has 0 bridgehead atoms. The van der Waals surface area contributed by atoms with Crippen LogP contribution < -0.4 is 9.64 Å². The molecule has 5 aromatic rings. The number of imide groups is 1. The molecule has 1 aliphatic heterocycles. The highest BCUT2D eigenvalue weighted by molar-refractivity contribution is 6.34. The molecular formula is C39H30ClNO6. The molecule has 1 unspecified atom stereocenters.